The number of aromatic nitrogens is 3. The number of benzene rings is 3. The number of nitrogens with zero attached hydrogens (tertiary/aromatic N) is 6. The van der Waals surface area contributed by atoms with Crippen LogP contribution in [0.1, 0.15) is 24.0 Å². The summed E-state index contributed by atoms with van der Waals surface area (Å²) in [6.07, 6.45) is -6.51. The fraction of sp³-hybridized carbons (Fsp3) is 0.324. The van der Waals surface area contributed by atoms with Crippen LogP contribution >= 0.6 is 69.1 Å². The molecule has 57 heavy (non-hydrogen) atoms. The third-order valence-electron chi connectivity index (χ3n) is 8.79. The topological polar surface area (TPSA) is 60.4 Å². The first-order chi connectivity index (χ1) is 27.0. The van der Waals surface area contributed by atoms with E-state index in [9.17, 15) is 30.7 Å². The third-order valence-corrected chi connectivity index (χ3v) is 12.0. The van der Waals surface area contributed by atoms with Crippen LogP contribution in [0.15, 0.2) is 66.9 Å². The van der Waals surface area contributed by atoms with Crippen molar-refractivity contribution in [3.05, 3.63) is 104 Å². The summed E-state index contributed by atoms with van der Waals surface area (Å²) in [7, 11) is 0. The van der Waals surface area contributed by atoms with Gasteiger partial charge in [0.2, 0.25) is 5.95 Å². The van der Waals surface area contributed by atoms with Gasteiger partial charge in [0.1, 0.15) is 0 Å². The molecule has 2 fully saturated rings. The Morgan fingerprint density at radius 1 is 0.579 bits per heavy atom. The van der Waals surface area contributed by atoms with Gasteiger partial charge in [-0.15, -0.1) is 0 Å². The molecule has 0 aliphatic carbocycles. The summed E-state index contributed by atoms with van der Waals surface area (Å²) >= 11 is 26.6. The van der Waals surface area contributed by atoms with Gasteiger partial charge in [-0.05, 0) is 80.1 Å². The second-order valence-corrected chi connectivity index (χ2v) is 16.5. The minimum absolute atomic E-state index is 0.123. The van der Waals surface area contributed by atoms with Crippen molar-refractivity contribution in [2.75, 3.05) is 67.1 Å². The molecular weight excluding hydrogens is 881 g/mol. The molecule has 20 heteroatoms. The predicted octanol–water partition coefficient (Wildman–Crippen LogP) is 12.0. The van der Waals surface area contributed by atoms with Gasteiger partial charge in [0.05, 0.1) is 47.3 Å². The van der Waals surface area contributed by atoms with Crippen molar-refractivity contribution in [1.82, 2.24) is 20.3 Å². The molecule has 0 spiro atoms. The SMILES string of the molecule is Clc1ccc2nc(N3CCCNCC3)sc2c1.FC(F)(F)c1ccc(N2CCCN(c3nc4ccc(Cl)cc4s3)CC2)c(Cl)c1.Fc1ncc(C(F)(F)F)cc1Cl. The average Bonchev–Trinajstić information content (AvgIpc) is 3.54. The first kappa shape index (κ1) is 43.2. The highest BCUT2D eigenvalue weighted by Crippen LogP contribution is 2.37. The number of hydrogen-bond acceptors (Lipinski definition) is 9. The van der Waals surface area contributed by atoms with E-state index in [1.165, 1.54) is 17.2 Å². The van der Waals surface area contributed by atoms with Crippen molar-refractivity contribution < 1.29 is 30.7 Å². The maximum Gasteiger partial charge on any atom is 0.417 e. The second-order valence-electron chi connectivity index (χ2n) is 12.8. The number of thiazole rings is 2. The molecule has 0 amide bonds. The molecule has 7 nitrogen and oxygen atoms in total. The minimum atomic E-state index is -4.54. The molecule has 3 aromatic heterocycles. The normalized spacial score (nSPS) is 15.5. The van der Waals surface area contributed by atoms with Crippen LogP contribution in [0.3, 0.4) is 0 Å². The van der Waals surface area contributed by atoms with Gasteiger partial charge in [0.25, 0.3) is 0 Å². The molecule has 0 saturated carbocycles. The van der Waals surface area contributed by atoms with E-state index in [0.717, 1.165) is 88.8 Å². The Morgan fingerprint density at radius 2 is 1.12 bits per heavy atom. The average molecular weight is 914 g/mol. The van der Waals surface area contributed by atoms with Crippen LogP contribution in [0.25, 0.3) is 20.4 Å². The highest BCUT2D eigenvalue weighted by Gasteiger charge is 2.32. The molecule has 8 rings (SSSR count). The number of alkyl halides is 6. The lowest BCUT2D eigenvalue weighted by atomic mass is 10.2. The number of halogens is 11. The van der Waals surface area contributed by atoms with Crippen molar-refractivity contribution >= 4 is 105 Å². The van der Waals surface area contributed by atoms with Crippen LogP contribution in [0.4, 0.5) is 46.7 Å². The van der Waals surface area contributed by atoms with Gasteiger partial charge < -0.3 is 20.0 Å². The molecular formula is C37H32Cl4F7N7S2. The van der Waals surface area contributed by atoms with E-state index in [0.29, 0.717) is 36.1 Å². The summed E-state index contributed by atoms with van der Waals surface area (Å²) in [4.78, 5) is 18.8. The van der Waals surface area contributed by atoms with Crippen LogP contribution < -0.4 is 20.0 Å². The van der Waals surface area contributed by atoms with E-state index >= 15 is 0 Å². The standard InChI is InChI=1S/C19H16Cl2F3N3S.C12H14ClN3S.C6H2ClF4N/c20-13-3-4-15-17(11-13)28-18(25-15)27-7-1-6-26(8-9-27)16-5-2-12(10-14(16)21)19(22,23)24;13-9-2-3-10-11(8-9)17-12(15-10)16-6-1-4-14-5-7-16;7-4-1-3(6(9,10)11)2-12-5(4)8/h2-5,10-11H,1,6-9H2;2-3,8,14H,1,4-7H2;1-2H. The quantitative estimate of drug-likeness (QED) is 0.140. The Morgan fingerprint density at radius 3 is 1.70 bits per heavy atom. The Hall–Kier alpha value is -3.38. The lowest BCUT2D eigenvalue weighted by Crippen LogP contribution is -2.30. The first-order valence-electron chi connectivity index (χ1n) is 17.4. The summed E-state index contributed by atoms with van der Waals surface area (Å²) in [6, 6.07) is 15.6. The number of rotatable bonds is 3. The van der Waals surface area contributed by atoms with Crippen LogP contribution in [0, 0.1) is 5.95 Å². The van der Waals surface area contributed by atoms with E-state index in [1.54, 1.807) is 22.7 Å². The third kappa shape index (κ3) is 11.4. The van der Waals surface area contributed by atoms with E-state index in [-0.39, 0.29) is 5.02 Å². The monoisotopic (exact) mass is 911 g/mol. The van der Waals surface area contributed by atoms with Crippen molar-refractivity contribution in [2.24, 2.45) is 0 Å². The molecule has 1 N–H and O–H groups in total. The minimum Gasteiger partial charge on any atom is -0.368 e. The van der Waals surface area contributed by atoms with Gasteiger partial charge in [0.15, 0.2) is 10.3 Å². The Bertz CT molecular complexity index is 2300. The van der Waals surface area contributed by atoms with Crippen molar-refractivity contribution in [1.29, 1.82) is 0 Å². The van der Waals surface area contributed by atoms with Crippen LogP contribution in [0.2, 0.25) is 20.1 Å². The van der Waals surface area contributed by atoms with Gasteiger partial charge in [-0.3, -0.25) is 0 Å². The van der Waals surface area contributed by atoms with Crippen molar-refractivity contribution in [2.45, 2.75) is 25.2 Å². The molecule has 0 unspecified atom stereocenters. The Labute approximate surface area is 350 Å². The van der Waals surface area contributed by atoms with Gasteiger partial charge in [-0.1, -0.05) is 69.1 Å². The smallest absolute Gasteiger partial charge is 0.368 e. The predicted molar refractivity (Wildman–Crippen MR) is 219 cm³/mol. The van der Waals surface area contributed by atoms with Gasteiger partial charge >= 0.3 is 12.4 Å². The van der Waals surface area contributed by atoms with Crippen molar-refractivity contribution in [3.8, 4) is 0 Å². The fourth-order valence-corrected chi connectivity index (χ4v) is 9.00. The lowest BCUT2D eigenvalue weighted by molar-refractivity contribution is -0.138. The lowest BCUT2D eigenvalue weighted by Gasteiger charge is -2.25. The van der Waals surface area contributed by atoms with Gasteiger partial charge in [-0.2, -0.15) is 30.7 Å². The van der Waals surface area contributed by atoms with E-state index in [1.807, 2.05) is 41.3 Å². The highest BCUT2D eigenvalue weighted by molar-refractivity contribution is 7.22. The highest BCUT2D eigenvalue weighted by atomic mass is 35.5. The summed E-state index contributed by atoms with van der Waals surface area (Å²) in [6.45, 7) is 7.17. The molecule has 3 aromatic carbocycles. The zero-order valence-electron chi connectivity index (χ0n) is 29.6. The number of hydrogen-bond donors (Lipinski definition) is 1. The summed E-state index contributed by atoms with van der Waals surface area (Å²) in [5.74, 6) is -1.11. The molecule has 5 heterocycles. The van der Waals surface area contributed by atoms with E-state index < -0.39 is 34.4 Å². The fourth-order valence-electron chi connectivity index (χ4n) is 5.95. The molecule has 2 saturated heterocycles. The molecule has 2 aliphatic rings. The van der Waals surface area contributed by atoms with Gasteiger partial charge in [0, 0.05) is 62.1 Å². The van der Waals surface area contributed by atoms with E-state index in [4.69, 9.17) is 46.4 Å². The maximum atomic E-state index is 12.9. The molecule has 0 bridgehead atoms. The maximum absolute atomic E-state index is 12.9. The first-order valence-corrected chi connectivity index (χ1v) is 20.5. The van der Waals surface area contributed by atoms with Gasteiger partial charge in [-0.25, -0.2) is 15.0 Å². The summed E-state index contributed by atoms with van der Waals surface area (Å²) < 4.78 is 88.7. The zero-order chi connectivity index (χ0) is 40.9. The largest absolute Gasteiger partial charge is 0.417 e. The van der Waals surface area contributed by atoms with E-state index in [2.05, 4.69) is 30.1 Å². The second kappa shape index (κ2) is 18.7. The van der Waals surface area contributed by atoms with Crippen LogP contribution in [0.5, 0.6) is 0 Å². The van der Waals surface area contributed by atoms with Crippen LogP contribution in [-0.2, 0) is 12.4 Å². The zero-order valence-corrected chi connectivity index (χ0v) is 34.2. The molecule has 6 aromatic rings. The summed E-state index contributed by atoms with van der Waals surface area (Å²) in [5, 5.41) is 6.40. The Kier molecular flexibility index (Phi) is 14.2. The Balaban J connectivity index is 0.000000160. The summed E-state index contributed by atoms with van der Waals surface area (Å²) in [5.41, 5.74) is 0.801. The number of fused-ring (bicyclic) bond motifs is 2. The number of pyridine rings is 1. The van der Waals surface area contributed by atoms with Crippen LogP contribution in [-0.4, -0.2) is 67.3 Å². The molecule has 2 aliphatic heterocycles. The number of anilines is 3. The molecule has 0 radical (unpaired) electrons. The number of nitrogens with one attached hydrogen (secondary N) is 1. The van der Waals surface area contributed by atoms with Crippen molar-refractivity contribution in [3.63, 3.8) is 0 Å². The molecule has 0 atom stereocenters. The molecule has 304 valence electrons.